The van der Waals surface area contributed by atoms with Gasteiger partial charge >= 0.3 is 5.97 Å². The Bertz CT molecular complexity index is 710. The zero-order valence-corrected chi connectivity index (χ0v) is 13.8. The number of carbonyl (C=O) groups is 1. The van der Waals surface area contributed by atoms with Crippen molar-refractivity contribution in [3.05, 3.63) is 44.5 Å². The Hall–Kier alpha value is -1.50. The minimum Gasteiger partial charge on any atom is -0.465 e. The second kappa shape index (κ2) is 6.51. The van der Waals surface area contributed by atoms with Crippen molar-refractivity contribution in [1.29, 1.82) is 0 Å². The molecule has 0 amide bonds. The van der Waals surface area contributed by atoms with Crippen LogP contribution in [0.15, 0.2) is 28.9 Å². The van der Waals surface area contributed by atoms with E-state index in [9.17, 15) is 4.79 Å². The van der Waals surface area contributed by atoms with Crippen LogP contribution in [0, 0.1) is 0 Å². The maximum atomic E-state index is 11.7. The number of hydrogen-bond donors (Lipinski definition) is 1. The van der Waals surface area contributed by atoms with E-state index < -0.39 is 5.97 Å². The summed E-state index contributed by atoms with van der Waals surface area (Å²) in [5.74, 6) is -0.340. The van der Waals surface area contributed by atoms with Crippen LogP contribution < -0.4 is 10.5 Å². The summed E-state index contributed by atoms with van der Waals surface area (Å²) in [6.45, 7) is 0. The molecule has 1 aromatic heterocycles. The van der Waals surface area contributed by atoms with Crippen molar-refractivity contribution in [3.8, 4) is 11.6 Å². The summed E-state index contributed by atoms with van der Waals surface area (Å²) < 4.78 is 10.8. The molecule has 0 unspecified atom stereocenters. The van der Waals surface area contributed by atoms with Gasteiger partial charge in [0.25, 0.3) is 0 Å². The molecule has 2 N–H and O–H groups in total. The Kier molecular flexibility index (Phi) is 4.92. The molecule has 0 aliphatic heterocycles. The van der Waals surface area contributed by atoms with E-state index in [2.05, 4.69) is 25.7 Å². The van der Waals surface area contributed by atoms with Crippen molar-refractivity contribution < 1.29 is 14.3 Å². The summed E-state index contributed by atoms with van der Waals surface area (Å²) in [4.78, 5) is 15.7. The number of nitrogens with zero attached hydrogens (tertiary/aromatic N) is 1. The lowest BCUT2D eigenvalue weighted by Crippen LogP contribution is -2.06. The number of benzene rings is 1. The van der Waals surface area contributed by atoms with Crippen LogP contribution in [0.4, 0.5) is 5.69 Å². The highest BCUT2D eigenvalue weighted by atomic mass is 79.9. The van der Waals surface area contributed by atoms with Gasteiger partial charge in [-0.25, -0.2) is 9.78 Å². The summed E-state index contributed by atoms with van der Waals surface area (Å²) in [6.07, 6.45) is 1.36. The lowest BCUT2D eigenvalue weighted by molar-refractivity contribution is 0.0597. The molecule has 1 aromatic carbocycles. The van der Waals surface area contributed by atoms with Crippen LogP contribution in [0.1, 0.15) is 10.4 Å². The van der Waals surface area contributed by atoms with Crippen molar-refractivity contribution in [3.63, 3.8) is 0 Å². The Balaban J connectivity index is 2.44. The van der Waals surface area contributed by atoms with E-state index in [-0.39, 0.29) is 17.2 Å². The molecule has 1 heterocycles. The molecule has 0 spiro atoms. The summed E-state index contributed by atoms with van der Waals surface area (Å²) in [6, 6.07) is 4.49. The van der Waals surface area contributed by atoms with Crippen LogP contribution in [-0.4, -0.2) is 18.1 Å². The van der Waals surface area contributed by atoms with Crippen LogP contribution in [0.2, 0.25) is 10.0 Å². The van der Waals surface area contributed by atoms with Gasteiger partial charge in [0.2, 0.25) is 5.88 Å². The second-order valence-corrected chi connectivity index (χ2v) is 5.58. The summed E-state index contributed by atoms with van der Waals surface area (Å²) in [7, 11) is 1.25. The van der Waals surface area contributed by atoms with Crippen molar-refractivity contribution in [2.75, 3.05) is 12.8 Å². The fraction of sp³-hybridized carbons (Fsp3) is 0.0769. The summed E-state index contributed by atoms with van der Waals surface area (Å²) >= 11 is 15.3. The lowest BCUT2D eigenvalue weighted by Gasteiger charge is -2.11. The Morgan fingerprint density at radius 2 is 2.00 bits per heavy atom. The molecule has 2 aromatic rings. The highest BCUT2D eigenvalue weighted by Gasteiger charge is 2.17. The molecule has 0 fully saturated rings. The lowest BCUT2D eigenvalue weighted by atomic mass is 10.2. The molecule has 0 atom stereocenters. The van der Waals surface area contributed by atoms with Crippen molar-refractivity contribution in [2.24, 2.45) is 0 Å². The predicted octanol–water partition coefficient (Wildman–Crippen LogP) is 4.31. The molecule has 0 saturated carbocycles. The molecule has 110 valence electrons. The zero-order chi connectivity index (χ0) is 15.6. The number of pyridine rings is 1. The number of ether oxygens (including phenoxy) is 2. The Labute approximate surface area is 139 Å². The van der Waals surface area contributed by atoms with E-state index in [0.29, 0.717) is 20.2 Å². The Morgan fingerprint density at radius 1 is 1.29 bits per heavy atom. The number of esters is 1. The van der Waals surface area contributed by atoms with Gasteiger partial charge in [-0.1, -0.05) is 23.2 Å². The van der Waals surface area contributed by atoms with E-state index >= 15 is 0 Å². The van der Waals surface area contributed by atoms with Crippen LogP contribution in [-0.2, 0) is 4.74 Å². The van der Waals surface area contributed by atoms with Crippen molar-refractivity contribution in [1.82, 2.24) is 4.98 Å². The SMILES string of the molecule is COC(=O)c1cc(N)cnc1Oc1cc(Cl)c(Br)cc1Cl. The molecule has 0 bridgehead atoms. The third-order valence-corrected chi connectivity index (χ3v) is 3.95. The predicted molar refractivity (Wildman–Crippen MR) is 84.2 cm³/mol. The van der Waals surface area contributed by atoms with Crippen molar-refractivity contribution in [2.45, 2.75) is 0 Å². The first-order chi connectivity index (χ1) is 9.92. The molecule has 0 aliphatic rings. The van der Waals surface area contributed by atoms with Gasteiger partial charge in [0, 0.05) is 10.5 Å². The number of methoxy groups -OCH3 is 1. The largest absolute Gasteiger partial charge is 0.465 e. The van der Waals surface area contributed by atoms with Gasteiger partial charge in [-0.3, -0.25) is 0 Å². The maximum Gasteiger partial charge on any atom is 0.343 e. The molecular weight excluding hydrogens is 383 g/mol. The highest BCUT2D eigenvalue weighted by Crippen LogP contribution is 2.37. The zero-order valence-electron chi connectivity index (χ0n) is 10.7. The number of halogens is 3. The monoisotopic (exact) mass is 390 g/mol. The van der Waals surface area contributed by atoms with Crippen LogP contribution in [0.3, 0.4) is 0 Å². The van der Waals surface area contributed by atoms with Gasteiger partial charge in [-0.15, -0.1) is 0 Å². The number of rotatable bonds is 3. The van der Waals surface area contributed by atoms with E-state index in [0.717, 1.165) is 0 Å². The average Bonchev–Trinajstić information content (AvgIpc) is 2.45. The van der Waals surface area contributed by atoms with E-state index in [4.69, 9.17) is 33.7 Å². The van der Waals surface area contributed by atoms with Gasteiger partial charge in [-0.2, -0.15) is 0 Å². The molecular formula is C13H9BrCl2N2O3. The Morgan fingerprint density at radius 3 is 2.67 bits per heavy atom. The van der Waals surface area contributed by atoms with E-state index in [1.807, 2.05) is 0 Å². The topological polar surface area (TPSA) is 74.4 Å². The fourth-order valence-corrected chi connectivity index (χ4v) is 2.32. The maximum absolute atomic E-state index is 11.7. The highest BCUT2D eigenvalue weighted by molar-refractivity contribution is 9.10. The minimum absolute atomic E-state index is 0.0244. The average molecular weight is 392 g/mol. The van der Waals surface area contributed by atoms with Crippen molar-refractivity contribution >= 4 is 50.8 Å². The fourth-order valence-electron chi connectivity index (χ4n) is 1.49. The van der Waals surface area contributed by atoms with Crippen LogP contribution in [0.5, 0.6) is 11.6 Å². The number of anilines is 1. The molecule has 5 nitrogen and oxygen atoms in total. The summed E-state index contributed by atoms with van der Waals surface area (Å²) in [5.41, 5.74) is 6.01. The van der Waals surface area contributed by atoms with Crippen LogP contribution >= 0.6 is 39.1 Å². The van der Waals surface area contributed by atoms with Gasteiger partial charge in [0.05, 0.1) is 29.0 Å². The molecule has 2 rings (SSSR count). The number of hydrogen-bond acceptors (Lipinski definition) is 5. The second-order valence-electron chi connectivity index (χ2n) is 3.91. The third-order valence-electron chi connectivity index (χ3n) is 2.46. The van der Waals surface area contributed by atoms with Gasteiger partial charge in [0.1, 0.15) is 11.3 Å². The molecule has 0 radical (unpaired) electrons. The van der Waals surface area contributed by atoms with Crippen LogP contribution in [0.25, 0.3) is 0 Å². The number of aromatic nitrogens is 1. The molecule has 0 aliphatic carbocycles. The first-order valence-electron chi connectivity index (χ1n) is 5.58. The van der Waals surface area contributed by atoms with E-state index in [1.165, 1.54) is 25.4 Å². The van der Waals surface area contributed by atoms with Gasteiger partial charge in [0.15, 0.2) is 0 Å². The smallest absolute Gasteiger partial charge is 0.343 e. The standard InChI is InChI=1S/C13H9BrCl2N2O3/c1-20-13(19)7-2-6(17)5-18-12(7)21-11-4-9(15)8(14)3-10(11)16/h2-5H,17H2,1H3. The number of nitrogens with two attached hydrogens (primary N) is 1. The minimum atomic E-state index is -0.621. The van der Waals surface area contributed by atoms with Gasteiger partial charge in [-0.05, 0) is 28.1 Å². The molecule has 8 heteroatoms. The first-order valence-corrected chi connectivity index (χ1v) is 7.13. The third kappa shape index (κ3) is 3.58. The number of carbonyl (C=O) groups excluding carboxylic acids is 1. The normalized spacial score (nSPS) is 10.3. The quantitative estimate of drug-likeness (QED) is 0.623. The number of nitrogen functional groups attached to an aromatic ring is 1. The molecule has 0 saturated heterocycles. The van der Waals surface area contributed by atoms with E-state index in [1.54, 1.807) is 6.07 Å². The summed E-state index contributed by atoms with van der Waals surface area (Å²) in [5, 5.41) is 0.713. The molecule has 21 heavy (non-hydrogen) atoms. The first kappa shape index (κ1) is 15.9. The van der Waals surface area contributed by atoms with Gasteiger partial charge < -0.3 is 15.2 Å².